The standard InChI is InChI=1S/C13H15F4NO3S/c1-6(2)20-12(19)8-5-9(14)11(22-4)18-10(8)21-7(3)13(15,16)17/h5-7H,1-4H3. The summed E-state index contributed by atoms with van der Waals surface area (Å²) in [5.41, 5.74) is -0.486. The zero-order valence-corrected chi connectivity index (χ0v) is 13.1. The van der Waals surface area contributed by atoms with Crippen LogP contribution in [0.4, 0.5) is 17.6 Å². The number of rotatable bonds is 5. The van der Waals surface area contributed by atoms with Crippen LogP contribution < -0.4 is 4.74 Å². The van der Waals surface area contributed by atoms with Gasteiger partial charge in [-0.25, -0.2) is 14.2 Å². The molecule has 0 saturated heterocycles. The van der Waals surface area contributed by atoms with Crippen molar-refractivity contribution in [3.63, 3.8) is 0 Å². The molecule has 9 heteroatoms. The van der Waals surface area contributed by atoms with E-state index in [1.807, 2.05) is 0 Å². The summed E-state index contributed by atoms with van der Waals surface area (Å²) in [7, 11) is 0. The number of halogens is 4. The number of esters is 1. The van der Waals surface area contributed by atoms with E-state index < -0.39 is 41.6 Å². The second-order valence-electron chi connectivity index (χ2n) is 4.59. The molecule has 0 bridgehead atoms. The molecule has 22 heavy (non-hydrogen) atoms. The van der Waals surface area contributed by atoms with Gasteiger partial charge in [0.1, 0.15) is 10.6 Å². The monoisotopic (exact) mass is 341 g/mol. The molecule has 0 aliphatic heterocycles. The molecule has 0 amide bonds. The Labute approximate surface area is 129 Å². The fourth-order valence-electron chi connectivity index (χ4n) is 1.35. The van der Waals surface area contributed by atoms with E-state index in [1.54, 1.807) is 13.8 Å². The van der Waals surface area contributed by atoms with Gasteiger partial charge >= 0.3 is 12.1 Å². The second kappa shape index (κ2) is 7.17. The first kappa shape index (κ1) is 18.5. The molecule has 1 rings (SSSR count). The SMILES string of the molecule is CSc1nc(OC(C)C(F)(F)F)c(C(=O)OC(C)C)cc1F. The molecular formula is C13H15F4NO3S. The molecule has 4 nitrogen and oxygen atoms in total. The molecule has 0 N–H and O–H groups in total. The van der Waals surface area contributed by atoms with E-state index in [4.69, 9.17) is 9.47 Å². The van der Waals surface area contributed by atoms with Gasteiger partial charge in [0.15, 0.2) is 11.9 Å². The van der Waals surface area contributed by atoms with Gasteiger partial charge in [-0.05, 0) is 33.1 Å². The van der Waals surface area contributed by atoms with Gasteiger partial charge in [0.25, 0.3) is 0 Å². The Balaban J connectivity index is 3.24. The van der Waals surface area contributed by atoms with Crippen molar-refractivity contribution in [2.45, 2.75) is 44.2 Å². The van der Waals surface area contributed by atoms with Crippen LogP contribution >= 0.6 is 11.8 Å². The normalized spacial score (nSPS) is 13.1. The Bertz CT molecular complexity index is 549. The maximum atomic E-state index is 13.7. The molecule has 1 aromatic heterocycles. The van der Waals surface area contributed by atoms with Crippen LogP contribution in [0.15, 0.2) is 11.1 Å². The number of hydrogen-bond donors (Lipinski definition) is 0. The number of hydrogen-bond acceptors (Lipinski definition) is 5. The van der Waals surface area contributed by atoms with Crippen LogP contribution in [-0.2, 0) is 4.74 Å². The molecule has 1 atom stereocenters. The van der Waals surface area contributed by atoms with E-state index in [9.17, 15) is 22.4 Å². The zero-order valence-electron chi connectivity index (χ0n) is 12.3. The van der Waals surface area contributed by atoms with Crippen LogP contribution in [0.1, 0.15) is 31.1 Å². The predicted octanol–water partition coefficient (Wildman–Crippen LogP) is 3.84. The van der Waals surface area contributed by atoms with E-state index in [-0.39, 0.29) is 5.03 Å². The minimum atomic E-state index is -4.64. The highest BCUT2D eigenvalue weighted by molar-refractivity contribution is 7.98. The van der Waals surface area contributed by atoms with Crippen molar-refractivity contribution in [2.24, 2.45) is 0 Å². The molecule has 0 fully saturated rings. The number of nitrogens with zero attached hydrogens (tertiary/aromatic N) is 1. The fraction of sp³-hybridized carbons (Fsp3) is 0.538. The van der Waals surface area contributed by atoms with Gasteiger partial charge in [0, 0.05) is 0 Å². The van der Waals surface area contributed by atoms with Gasteiger partial charge in [-0.1, -0.05) is 0 Å². The van der Waals surface area contributed by atoms with Crippen LogP contribution in [0.5, 0.6) is 5.88 Å². The quantitative estimate of drug-likeness (QED) is 0.463. The summed E-state index contributed by atoms with van der Waals surface area (Å²) in [6, 6.07) is 0.766. The van der Waals surface area contributed by atoms with E-state index in [1.165, 1.54) is 6.26 Å². The van der Waals surface area contributed by atoms with Crippen LogP contribution in [0.25, 0.3) is 0 Å². The van der Waals surface area contributed by atoms with Crippen molar-refractivity contribution in [3.05, 3.63) is 17.4 Å². The first-order chi connectivity index (χ1) is 10.1. The van der Waals surface area contributed by atoms with Crippen molar-refractivity contribution in [1.82, 2.24) is 4.98 Å². The molecule has 0 radical (unpaired) electrons. The lowest BCUT2D eigenvalue weighted by Crippen LogP contribution is -2.32. The average molecular weight is 341 g/mol. The topological polar surface area (TPSA) is 48.4 Å². The second-order valence-corrected chi connectivity index (χ2v) is 5.38. The molecule has 124 valence electrons. The van der Waals surface area contributed by atoms with Gasteiger partial charge in [0.05, 0.1) is 6.10 Å². The Morgan fingerprint density at radius 1 is 1.32 bits per heavy atom. The first-order valence-corrected chi connectivity index (χ1v) is 7.47. The summed E-state index contributed by atoms with van der Waals surface area (Å²) in [6.45, 7) is 3.87. The molecule has 0 aliphatic rings. The van der Waals surface area contributed by atoms with Crippen molar-refractivity contribution >= 4 is 17.7 Å². The number of carbonyl (C=O) groups is 1. The summed E-state index contributed by atoms with van der Waals surface area (Å²) in [5, 5.41) is -0.175. The molecule has 0 aliphatic carbocycles. The predicted molar refractivity (Wildman–Crippen MR) is 72.7 cm³/mol. The van der Waals surface area contributed by atoms with Crippen molar-refractivity contribution < 1.29 is 31.8 Å². The van der Waals surface area contributed by atoms with Crippen molar-refractivity contribution in [3.8, 4) is 5.88 Å². The summed E-state index contributed by atoms with van der Waals surface area (Å²) in [6.07, 6.45) is -5.88. The van der Waals surface area contributed by atoms with Crippen LogP contribution in [0, 0.1) is 5.82 Å². The lowest BCUT2D eigenvalue weighted by atomic mass is 10.2. The average Bonchev–Trinajstić information content (AvgIpc) is 2.38. The Morgan fingerprint density at radius 2 is 1.91 bits per heavy atom. The smallest absolute Gasteiger partial charge is 0.425 e. The lowest BCUT2D eigenvalue weighted by Gasteiger charge is -2.19. The number of alkyl halides is 3. The molecule has 1 unspecified atom stereocenters. The molecule has 1 heterocycles. The number of ether oxygens (including phenoxy) is 2. The van der Waals surface area contributed by atoms with E-state index in [0.29, 0.717) is 0 Å². The van der Waals surface area contributed by atoms with E-state index in [0.717, 1.165) is 24.8 Å². The van der Waals surface area contributed by atoms with Crippen LogP contribution in [0.3, 0.4) is 0 Å². The number of thioether (sulfide) groups is 1. The van der Waals surface area contributed by atoms with Gasteiger partial charge in [-0.15, -0.1) is 11.8 Å². The van der Waals surface area contributed by atoms with Gasteiger partial charge in [-0.3, -0.25) is 0 Å². The van der Waals surface area contributed by atoms with E-state index in [2.05, 4.69) is 4.98 Å². The van der Waals surface area contributed by atoms with Crippen molar-refractivity contribution in [2.75, 3.05) is 6.26 Å². The third kappa shape index (κ3) is 4.75. The van der Waals surface area contributed by atoms with E-state index >= 15 is 0 Å². The highest BCUT2D eigenvalue weighted by atomic mass is 32.2. The molecule has 1 aromatic rings. The minimum absolute atomic E-state index is 0.175. The maximum Gasteiger partial charge on any atom is 0.425 e. The van der Waals surface area contributed by atoms with Gasteiger partial charge in [0.2, 0.25) is 5.88 Å². The fourth-order valence-corrected chi connectivity index (χ4v) is 1.78. The Hall–Kier alpha value is -1.51. The number of aromatic nitrogens is 1. The summed E-state index contributed by atoms with van der Waals surface area (Å²) in [5.74, 6) is -2.45. The minimum Gasteiger partial charge on any atom is -0.464 e. The highest BCUT2D eigenvalue weighted by Crippen LogP contribution is 2.29. The first-order valence-electron chi connectivity index (χ1n) is 6.25. The zero-order chi connectivity index (χ0) is 17.1. The van der Waals surface area contributed by atoms with Crippen LogP contribution in [0.2, 0.25) is 0 Å². The molecule has 0 saturated carbocycles. The van der Waals surface area contributed by atoms with Crippen LogP contribution in [-0.4, -0.2) is 35.6 Å². The highest BCUT2D eigenvalue weighted by Gasteiger charge is 2.39. The van der Waals surface area contributed by atoms with Gasteiger partial charge in [-0.2, -0.15) is 13.2 Å². The maximum absolute atomic E-state index is 13.7. The number of carbonyl (C=O) groups excluding carboxylic acids is 1. The van der Waals surface area contributed by atoms with Gasteiger partial charge < -0.3 is 9.47 Å². The third-order valence-electron chi connectivity index (χ3n) is 2.41. The summed E-state index contributed by atoms with van der Waals surface area (Å²) in [4.78, 5) is 15.5. The summed E-state index contributed by atoms with van der Waals surface area (Å²) >= 11 is 0.879. The largest absolute Gasteiger partial charge is 0.464 e. The molecule has 0 aromatic carbocycles. The van der Waals surface area contributed by atoms with Crippen molar-refractivity contribution in [1.29, 1.82) is 0 Å². The Morgan fingerprint density at radius 3 is 2.36 bits per heavy atom. The molecular weight excluding hydrogens is 326 g/mol. The number of pyridine rings is 1. The lowest BCUT2D eigenvalue weighted by molar-refractivity contribution is -0.190. The Kier molecular flexibility index (Phi) is 6.04. The third-order valence-corrected chi connectivity index (χ3v) is 3.09. The molecule has 0 spiro atoms. The summed E-state index contributed by atoms with van der Waals surface area (Å²) < 4.78 is 61.1.